The van der Waals surface area contributed by atoms with Gasteiger partial charge in [0.15, 0.2) is 5.65 Å². The second kappa shape index (κ2) is 5.85. The molecular weight excluding hydrogens is 274 g/mol. The Balaban J connectivity index is 1.79. The number of rotatable bonds is 3. The molecule has 112 valence electrons. The summed E-state index contributed by atoms with van der Waals surface area (Å²) in [4.78, 5) is 13.6. The summed E-state index contributed by atoms with van der Waals surface area (Å²) in [7, 11) is 0. The van der Waals surface area contributed by atoms with Crippen LogP contribution in [0.3, 0.4) is 0 Å². The van der Waals surface area contributed by atoms with Crippen molar-refractivity contribution in [3.63, 3.8) is 0 Å². The molecule has 1 fully saturated rings. The van der Waals surface area contributed by atoms with E-state index in [0.29, 0.717) is 5.92 Å². The molecule has 0 saturated carbocycles. The highest BCUT2D eigenvalue weighted by Gasteiger charge is 2.19. The topological polar surface area (TPSA) is 55.6 Å². The lowest BCUT2D eigenvalue weighted by Gasteiger charge is -2.22. The maximum absolute atomic E-state index is 4.83. The van der Waals surface area contributed by atoms with Gasteiger partial charge in [-0.25, -0.2) is 9.97 Å². The summed E-state index contributed by atoms with van der Waals surface area (Å²) in [6.07, 6.45) is 8.97. The van der Waals surface area contributed by atoms with Crippen LogP contribution in [0.1, 0.15) is 18.7 Å². The standard InChI is InChI=1S/C17H19N5/c1-4-13(11-18-7-1)10-16-21-15-6-3-9-20-17(15)22(16)14-5-2-8-19-12-14/h2-3,5-6,8-9,12-13,18H,1,4,7,10-11H2. The molecule has 0 aliphatic carbocycles. The van der Waals surface area contributed by atoms with Crippen molar-refractivity contribution in [1.82, 2.24) is 24.8 Å². The zero-order chi connectivity index (χ0) is 14.8. The molecule has 1 atom stereocenters. The zero-order valence-electron chi connectivity index (χ0n) is 12.4. The molecule has 3 aromatic rings. The van der Waals surface area contributed by atoms with Gasteiger partial charge in [0, 0.05) is 18.8 Å². The minimum absolute atomic E-state index is 0.640. The molecule has 1 aliphatic heterocycles. The lowest BCUT2D eigenvalue weighted by Crippen LogP contribution is -2.31. The third-order valence-electron chi connectivity index (χ3n) is 4.26. The first-order valence-corrected chi connectivity index (χ1v) is 7.85. The van der Waals surface area contributed by atoms with Gasteiger partial charge in [0.2, 0.25) is 0 Å². The Morgan fingerprint density at radius 3 is 3.00 bits per heavy atom. The molecule has 0 aromatic carbocycles. The third-order valence-corrected chi connectivity index (χ3v) is 4.26. The van der Waals surface area contributed by atoms with Gasteiger partial charge in [0.1, 0.15) is 11.3 Å². The molecular formula is C17H19N5. The van der Waals surface area contributed by atoms with Gasteiger partial charge in [-0.15, -0.1) is 0 Å². The van der Waals surface area contributed by atoms with Crippen LogP contribution in [-0.4, -0.2) is 32.6 Å². The van der Waals surface area contributed by atoms with Gasteiger partial charge in [-0.1, -0.05) is 0 Å². The van der Waals surface area contributed by atoms with E-state index in [1.54, 1.807) is 6.20 Å². The van der Waals surface area contributed by atoms with Crippen LogP contribution in [0, 0.1) is 5.92 Å². The van der Waals surface area contributed by atoms with Crippen LogP contribution in [-0.2, 0) is 6.42 Å². The van der Waals surface area contributed by atoms with Crippen molar-refractivity contribution < 1.29 is 0 Å². The molecule has 5 heteroatoms. The molecule has 0 amide bonds. The quantitative estimate of drug-likeness (QED) is 0.805. The first-order chi connectivity index (χ1) is 10.9. The van der Waals surface area contributed by atoms with E-state index in [1.165, 1.54) is 12.8 Å². The molecule has 0 radical (unpaired) electrons. The maximum atomic E-state index is 4.83. The van der Waals surface area contributed by atoms with Crippen molar-refractivity contribution in [2.75, 3.05) is 13.1 Å². The molecule has 3 aromatic heterocycles. The average Bonchev–Trinajstić information content (AvgIpc) is 2.94. The van der Waals surface area contributed by atoms with Crippen LogP contribution in [0.5, 0.6) is 0 Å². The monoisotopic (exact) mass is 293 g/mol. The third kappa shape index (κ3) is 2.48. The highest BCUT2D eigenvalue weighted by Crippen LogP contribution is 2.23. The summed E-state index contributed by atoms with van der Waals surface area (Å²) in [5.74, 6) is 1.72. The Bertz CT molecular complexity index is 759. The van der Waals surface area contributed by atoms with Gasteiger partial charge in [-0.3, -0.25) is 9.55 Å². The van der Waals surface area contributed by atoms with E-state index in [2.05, 4.69) is 25.9 Å². The van der Waals surface area contributed by atoms with Gasteiger partial charge in [0.05, 0.1) is 11.9 Å². The second-order valence-electron chi connectivity index (χ2n) is 5.84. The maximum Gasteiger partial charge on any atom is 0.164 e. The molecule has 4 rings (SSSR count). The number of fused-ring (bicyclic) bond motifs is 1. The number of pyridine rings is 2. The Morgan fingerprint density at radius 2 is 2.18 bits per heavy atom. The lowest BCUT2D eigenvalue weighted by atomic mass is 9.96. The second-order valence-corrected chi connectivity index (χ2v) is 5.84. The largest absolute Gasteiger partial charge is 0.316 e. The van der Waals surface area contributed by atoms with E-state index in [9.17, 15) is 0 Å². The molecule has 1 saturated heterocycles. The number of nitrogens with zero attached hydrogens (tertiary/aromatic N) is 4. The number of nitrogens with one attached hydrogen (secondary N) is 1. The Morgan fingerprint density at radius 1 is 1.23 bits per heavy atom. The van der Waals surface area contributed by atoms with Gasteiger partial charge >= 0.3 is 0 Å². The molecule has 1 unspecified atom stereocenters. The van der Waals surface area contributed by atoms with Crippen molar-refractivity contribution in [3.05, 3.63) is 48.7 Å². The number of piperidine rings is 1. The molecule has 1 N–H and O–H groups in total. The van der Waals surface area contributed by atoms with Crippen LogP contribution in [0.15, 0.2) is 42.9 Å². The van der Waals surface area contributed by atoms with Gasteiger partial charge in [-0.05, 0) is 56.1 Å². The van der Waals surface area contributed by atoms with E-state index in [-0.39, 0.29) is 0 Å². The predicted octanol–water partition coefficient (Wildman–Crippen LogP) is 2.36. The fraction of sp³-hybridized carbons (Fsp3) is 0.353. The molecule has 5 nitrogen and oxygen atoms in total. The minimum atomic E-state index is 0.640. The highest BCUT2D eigenvalue weighted by molar-refractivity contribution is 5.73. The number of aromatic nitrogens is 4. The van der Waals surface area contributed by atoms with Crippen molar-refractivity contribution >= 4 is 11.2 Å². The predicted molar refractivity (Wildman–Crippen MR) is 86.0 cm³/mol. The van der Waals surface area contributed by atoms with E-state index in [4.69, 9.17) is 4.98 Å². The SMILES string of the molecule is c1cncc(-n2c(CC3CCCNC3)nc3cccnc32)c1. The molecule has 0 spiro atoms. The summed E-state index contributed by atoms with van der Waals surface area (Å²) in [5.41, 5.74) is 2.89. The number of hydrogen-bond acceptors (Lipinski definition) is 4. The summed E-state index contributed by atoms with van der Waals surface area (Å²) < 4.78 is 2.15. The summed E-state index contributed by atoms with van der Waals surface area (Å²) in [6.45, 7) is 2.21. The first-order valence-electron chi connectivity index (χ1n) is 7.85. The number of imidazole rings is 1. The first kappa shape index (κ1) is 13.4. The van der Waals surface area contributed by atoms with E-state index >= 15 is 0 Å². The fourth-order valence-electron chi connectivity index (χ4n) is 3.21. The van der Waals surface area contributed by atoms with Crippen molar-refractivity contribution in [2.24, 2.45) is 5.92 Å². The summed E-state index contributed by atoms with van der Waals surface area (Å²) >= 11 is 0. The molecule has 0 bridgehead atoms. The Kier molecular flexibility index (Phi) is 3.56. The Labute approximate surface area is 129 Å². The average molecular weight is 293 g/mol. The van der Waals surface area contributed by atoms with Crippen LogP contribution in [0.2, 0.25) is 0 Å². The summed E-state index contributed by atoms with van der Waals surface area (Å²) in [5, 5.41) is 3.48. The molecule has 4 heterocycles. The highest BCUT2D eigenvalue weighted by atomic mass is 15.1. The zero-order valence-corrected chi connectivity index (χ0v) is 12.4. The van der Waals surface area contributed by atoms with E-state index in [1.807, 2.05) is 30.6 Å². The van der Waals surface area contributed by atoms with Crippen LogP contribution in [0.4, 0.5) is 0 Å². The van der Waals surface area contributed by atoms with Crippen LogP contribution < -0.4 is 5.32 Å². The minimum Gasteiger partial charge on any atom is -0.316 e. The smallest absolute Gasteiger partial charge is 0.164 e. The normalized spacial score (nSPS) is 18.6. The van der Waals surface area contributed by atoms with E-state index in [0.717, 1.165) is 42.2 Å². The van der Waals surface area contributed by atoms with E-state index < -0.39 is 0 Å². The van der Waals surface area contributed by atoms with Crippen molar-refractivity contribution in [3.8, 4) is 5.69 Å². The van der Waals surface area contributed by atoms with Crippen molar-refractivity contribution in [1.29, 1.82) is 0 Å². The van der Waals surface area contributed by atoms with Gasteiger partial charge in [-0.2, -0.15) is 0 Å². The van der Waals surface area contributed by atoms with Gasteiger partial charge < -0.3 is 5.32 Å². The fourth-order valence-corrected chi connectivity index (χ4v) is 3.21. The van der Waals surface area contributed by atoms with Gasteiger partial charge in [0.25, 0.3) is 0 Å². The summed E-state index contributed by atoms with van der Waals surface area (Å²) in [6, 6.07) is 7.98. The molecule has 22 heavy (non-hydrogen) atoms. The lowest BCUT2D eigenvalue weighted by molar-refractivity contribution is 0.370. The van der Waals surface area contributed by atoms with Crippen LogP contribution >= 0.6 is 0 Å². The number of hydrogen-bond donors (Lipinski definition) is 1. The molecule has 1 aliphatic rings. The Hall–Kier alpha value is -2.27. The van der Waals surface area contributed by atoms with Crippen LogP contribution in [0.25, 0.3) is 16.9 Å². The van der Waals surface area contributed by atoms with Crippen molar-refractivity contribution in [2.45, 2.75) is 19.3 Å².